The third-order valence-corrected chi connectivity index (χ3v) is 5.04. The molecule has 1 aliphatic rings. The molecule has 2 aromatic rings. The van der Waals surface area contributed by atoms with Gasteiger partial charge in [0.05, 0.1) is 12.2 Å². The van der Waals surface area contributed by atoms with Crippen molar-refractivity contribution < 1.29 is 9.59 Å². The number of carbonyl (C=O) groups excluding carboxylic acids is 2. The van der Waals surface area contributed by atoms with E-state index in [0.29, 0.717) is 17.9 Å². The highest BCUT2D eigenvalue weighted by Crippen LogP contribution is 2.26. The van der Waals surface area contributed by atoms with Gasteiger partial charge >= 0.3 is 6.03 Å². The standard InChI is InChI=1S/C21H29N5O2/c1-14-11-16(3)26(25-14)13-15(2)22-21(28)24-19-10-6-9-18(12-19)23-20(27)17-7-4-5-8-17/h6,9-12,15,17H,4-5,7-8,13H2,1-3H3,(H,23,27)(H2,22,24,28)/t15-/m1/s1. The van der Waals surface area contributed by atoms with Crippen LogP contribution in [0.4, 0.5) is 16.2 Å². The lowest BCUT2D eigenvalue weighted by atomic mass is 10.1. The quantitative estimate of drug-likeness (QED) is 0.708. The summed E-state index contributed by atoms with van der Waals surface area (Å²) in [4.78, 5) is 24.6. The number of carbonyl (C=O) groups is 2. The van der Waals surface area contributed by atoms with Gasteiger partial charge in [-0.05, 0) is 57.9 Å². The zero-order chi connectivity index (χ0) is 20.1. The summed E-state index contributed by atoms with van der Waals surface area (Å²) < 4.78 is 1.89. The number of hydrogen-bond acceptors (Lipinski definition) is 3. The number of anilines is 2. The van der Waals surface area contributed by atoms with Crippen molar-refractivity contribution in [2.45, 2.75) is 59.0 Å². The van der Waals surface area contributed by atoms with Gasteiger partial charge in [-0.1, -0.05) is 18.9 Å². The Morgan fingerprint density at radius 3 is 2.46 bits per heavy atom. The molecule has 1 fully saturated rings. The number of aryl methyl sites for hydroxylation is 2. The lowest BCUT2D eigenvalue weighted by Gasteiger charge is -2.16. The fourth-order valence-electron chi connectivity index (χ4n) is 3.66. The molecule has 1 atom stereocenters. The number of benzene rings is 1. The molecular weight excluding hydrogens is 354 g/mol. The Bertz CT molecular complexity index is 839. The van der Waals surface area contributed by atoms with Gasteiger partial charge in [-0.25, -0.2) is 4.79 Å². The van der Waals surface area contributed by atoms with Gasteiger partial charge in [0.15, 0.2) is 0 Å². The number of urea groups is 1. The normalized spacial score (nSPS) is 15.2. The minimum atomic E-state index is -0.284. The molecule has 3 amide bonds. The first kappa shape index (κ1) is 19.9. The van der Waals surface area contributed by atoms with Crippen LogP contribution in [0, 0.1) is 19.8 Å². The summed E-state index contributed by atoms with van der Waals surface area (Å²) >= 11 is 0. The van der Waals surface area contributed by atoms with Crippen LogP contribution in [0.15, 0.2) is 30.3 Å². The van der Waals surface area contributed by atoms with E-state index in [9.17, 15) is 9.59 Å². The lowest BCUT2D eigenvalue weighted by Crippen LogP contribution is -2.39. The van der Waals surface area contributed by atoms with Gasteiger partial charge in [-0.15, -0.1) is 0 Å². The molecule has 7 heteroatoms. The van der Waals surface area contributed by atoms with E-state index in [4.69, 9.17) is 0 Å². The highest BCUT2D eigenvalue weighted by molar-refractivity contribution is 5.94. The first-order valence-corrected chi connectivity index (χ1v) is 9.90. The summed E-state index contributed by atoms with van der Waals surface area (Å²) in [5.74, 6) is 0.174. The van der Waals surface area contributed by atoms with Crippen LogP contribution in [-0.2, 0) is 11.3 Å². The molecule has 1 heterocycles. The first-order valence-electron chi connectivity index (χ1n) is 9.90. The van der Waals surface area contributed by atoms with Crippen molar-refractivity contribution in [1.82, 2.24) is 15.1 Å². The van der Waals surface area contributed by atoms with Gasteiger partial charge in [0, 0.05) is 29.0 Å². The second kappa shape index (κ2) is 8.91. The molecule has 1 aliphatic carbocycles. The monoisotopic (exact) mass is 383 g/mol. The van der Waals surface area contributed by atoms with E-state index >= 15 is 0 Å². The first-order chi connectivity index (χ1) is 13.4. The van der Waals surface area contributed by atoms with Crippen LogP contribution in [0.25, 0.3) is 0 Å². The van der Waals surface area contributed by atoms with Crippen molar-refractivity contribution in [3.8, 4) is 0 Å². The van der Waals surface area contributed by atoms with Crippen molar-refractivity contribution in [1.29, 1.82) is 0 Å². The van der Waals surface area contributed by atoms with Crippen LogP contribution in [0.1, 0.15) is 44.0 Å². The van der Waals surface area contributed by atoms with Crippen molar-refractivity contribution in [3.63, 3.8) is 0 Å². The van der Waals surface area contributed by atoms with Crippen LogP contribution in [0.3, 0.4) is 0 Å². The van der Waals surface area contributed by atoms with Gasteiger partial charge in [0.1, 0.15) is 0 Å². The summed E-state index contributed by atoms with van der Waals surface area (Å²) in [5.41, 5.74) is 3.37. The van der Waals surface area contributed by atoms with Crippen molar-refractivity contribution in [2.75, 3.05) is 10.6 Å². The number of aromatic nitrogens is 2. The van der Waals surface area contributed by atoms with Gasteiger partial charge in [0.2, 0.25) is 5.91 Å². The van der Waals surface area contributed by atoms with Crippen LogP contribution >= 0.6 is 0 Å². The lowest BCUT2D eigenvalue weighted by molar-refractivity contribution is -0.119. The average molecular weight is 383 g/mol. The highest BCUT2D eigenvalue weighted by atomic mass is 16.2. The highest BCUT2D eigenvalue weighted by Gasteiger charge is 2.22. The maximum absolute atomic E-state index is 12.3. The SMILES string of the molecule is Cc1cc(C)n(C[C@@H](C)NC(=O)Nc2cccc(NC(=O)C3CCCC3)c2)n1. The summed E-state index contributed by atoms with van der Waals surface area (Å²) in [7, 11) is 0. The van der Waals surface area contributed by atoms with Crippen LogP contribution in [0.5, 0.6) is 0 Å². The Morgan fingerprint density at radius 2 is 1.82 bits per heavy atom. The van der Waals surface area contributed by atoms with Crippen molar-refractivity contribution in [2.24, 2.45) is 5.92 Å². The zero-order valence-corrected chi connectivity index (χ0v) is 16.8. The summed E-state index contributed by atoms with van der Waals surface area (Å²) in [6.45, 7) is 6.49. The minimum Gasteiger partial charge on any atom is -0.334 e. The number of nitrogens with zero attached hydrogens (tertiary/aromatic N) is 2. The fraction of sp³-hybridized carbons (Fsp3) is 0.476. The molecule has 1 aromatic carbocycles. The largest absolute Gasteiger partial charge is 0.334 e. The second-order valence-electron chi connectivity index (χ2n) is 7.66. The van der Waals surface area contributed by atoms with E-state index in [1.807, 2.05) is 43.7 Å². The number of nitrogens with one attached hydrogen (secondary N) is 3. The molecular formula is C21H29N5O2. The molecule has 1 aromatic heterocycles. The molecule has 3 N–H and O–H groups in total. The van der Waals surface area contributed by atoms with Gasteiger partial charge in [-0.3, -0.25) is 9.48 Å². The van der Waals surface area contributed by atoms with E-state index in [-0.39, 0.29) is 23.9 Å². The zero-order valence-electron chi connectivity index (χ0n) is 16.8. The summed E-state index contributed by atoms with van der Waals surface area (Å²) in [6.07, 6.45) is 4.16. The molecule has 0 spiro atoms. The Kier molecular flexibility index (Phi) is 6.34. The third kappa shape index (κ3) is 5.34. The van der Waals surface area contributed by atoms with Crippen molar-refractivity contribution >= 4 is 23.3 Å². The molecule has 3 rings (SSSR count). The van der Waals surface area contributed by atoms with E-state index in [0.717, 1.165) is 37.1 Å². The number of amides is 3. The molecule has 0 saturated heterocycles. The minimum absolute atomic E-state index is 0.0672. The van der Waals surface area contributed by atoms with E-state index in [1.165, 1.54) is 0 Å². The maximum atomic E-state index is 12.3. The van der Waals surface area contributed by atoms with Gasteiger partial charge < -0.3 is 16.0 Å². The van der Waals surface area contributed by atoms with Gasteiger partial charge in [0.25, 0.3) is 0 Å². The molecule has 0 bridgehead atoms. The Labute approximate surface area is 165 Å². The Hall–Kier alpha value is -2.83. The van der Waals surface area contributed by atoms with Gasteiger partial charge in [-0.2, -0.15) is 5.10 Å². The third-order valence-electron chi connectivity index (χ3n) is 5.04. The Morgan fingerprint density at radius 1 is 1.14 bits per heavy atom. The Balaban J connectivity index is 1.52. The second-order valence-corrected chi connectivity index (χ2v) is 7.66. The van der Waals surface area contributed by atoms with E-state index in [1.54, 1.807) is 12.1 Å². The fourth-order valence-corrected chi connectivity index (χ4v) is 3.66. The van der Waals surface area contributed by atoms with Crippen molar-refractivity contribution in [3.05, 3.63) is 41.7 Å². The number of rotatable bonds is 6. The molecule has 0 unspecified atom stereocenters. The molecule has 1 saturated carbocycles. The van der Waals surface area contributed by atoms with E-state index in [2.05, 4.69) is 21.0 Å². The van der Waals surface area contributed by atoms with Crippen LogP contribution in [0.2, 0.25) is 0 Å². The number of hydrogen-bond donors (Lipinski definition) is 3. The molecule has 0 aliphatic heterocycles. The van der Waals surface area contributed by atoms with Crippen LogP contribution in [-0.4, -0.2) is 27.8 Å². The molecule has 7 nitrogen and oxygen atoms in total. The predicted octanol–water partition coefficient (Wildman–Crippen LogP) is 3.84. The molecule has 150 valence electrons. The average Bonchev–Trinajstić information content (AvgIpc) is 3.25. The maximum Gasteiger partial charge on any atom is 0.319 e. The predicted molar refractivity (Wildman–Crippen MR) is 110 cm³/mol. The van der Waals surface area contributed by atoms with E-state index < -0.39 is 0 Å². The molecule has 0 radical (unpaired) electrons. The smallest absolute Gasteiger partial charge is 0.319 e. The summed E-state index contributed by atoms with van der Waals surface area (Å²) in [6, 6.07) is 8.88. The molecule has 28 heavy (non-hydrogen) atoms. The summed E-state index contributed by atoms with van der Waals surface area (Å²) in [5, 5.41) is 13.1. The topological polar surface area (TPSA) is 88.0 Å². The van der Waals surface area contributed by atoms with Crippen LogP contribution < -0.4 is 16.0 Å².